The summed E-state index contributed by atoms with van der Waals surface area (Å²) in [5, 5.41) is 8.73. The van der Waals surface area contributed by atoms with E-state index >= 15 is 0 Å². The van der Waals surface area contributed by atoms with Crippen LogP contribution in [0.25, 0.3) is 0 Å². The topological polar surface area (TPSA) is 55.1 Å². The molecule has 0 saturated heterocycles. The zero-order valence-electron chi connectivity index (χ0n) is 9.53. The standard InChI is InChI=1S/C11H18N2O2/c1-4-10-12-9(5-8(2)3)6-13(10)7-11(14)15/h6,8H,4-5,7H2,1-3H3,(H,14,15). The van der Waals surface area contributed by atoms with Crippen LogP contribution in [0.3, 0.4) is 0 Å². The fourth-order valence-electron chi connectivity index (χ4n) is 1.59. The summed E-state index contributed by atoms with van der Waals surface area (Å²) in [4.78, 5) is 15.0. The third-order valence-electron chi connectivity index (χ3n) is 2.15. The largest absolute Gasteiger partial charge is 0.480 e. The van der Waals surface area contributed by atoms with Crippen molar-refractivity contribution < 1.29 is 9.90 Å². The van der Waals surface area contributed by atoms with E-state index in [1.165, 1.54) is 0 Å². The third-order valence-corrected chi connectivity index (χ3v) is 2.15. The van der Waals surface area contributed by atoms with Crippen LogP contribution < -0.4 is 0 Å². The van der Waals surface area contributed by atoms with Crippen LogP contribution in [-0.2, 0) is 24.2 Å². The number of imidazole rings is 1. The van der Waals surface area contributed by atoms with Crippen molar-refractivity contribution in [2.75, 3.05) is 0 Å². The highest BCUT2D eigenvalue weighted by Gasteiger charge is 2.09. The van der Waals surface area contributed by atoms with Gasteiger partial charge in [0.05, 0.1) is 5.69 Å². The summed E-state index contributed by atoms with van der Waals surface area (Å²) in [5.74, 6) is 0.578. The number of aryl methyl sites for hydroxylation is 1. The molecule has 4 heteroatoms. The first-order valence-corrected chi connectivity index (χ1v) is 5.29. The summed E-state index contributed by atoms with van der Waals surface area (Å²) < 4.78 is 1.72. The number of aromatic nitrogens is 2. The van der Waals surface area contributed by atoms with Gasteiger partial charge in [-0.05, 0) is 12.3 Å². The maximum absolute atomic E-state index is 10.6. The molecular weight excluding hydrogens is 192 g/mol. The van der Waals surface area contributed by atoms with Crippen molar-refractivity contribution in [2.45, 2.75) is 40.2 Å². The monoisotopic (exact) mass is 210 g/mol. The van der Waals surface area contributed by atoms with Crippen LogP contribution in [0.4, 0.5) is 0 Å². The number of hydrogen-bond donors (Lipinski definition) is 1. The lowest BCUT2D eigenvalue weighted by molar-refractivity contribution is -0.137. The summed E-state index contributed by atoms with van der Waals surface area (Å²) in [6.45, 7) is 6.25. The Balaban J connectivity index is 2.84. The van der Waals surface area contributed by atoms with Crippen LogP contribution >= 0.6 is 0 Å². The van der Waals surface area contributed by atoms with Crippen LogP contribution in [0.5, 0.6) is 0 Å². The van der Waals surface area contributed by atoms with E-state index in [9.17, 15) is 4.79 Å². The molecule has 1 rings (SSSR count). The number of nitrogens with zero attached hydrogens (tertiary/aromatic N) is 2. The maximum atomic E-state index is 10.6. The zero-order chi connectivity index (χ0) is 11.4. The Morgan fingerprint density at radius 3 is 2.73 bits per heavy atom. The predicted molar refractivity (Wildman–Crippen MR) is 57.8 cm³/mol. The molecule has 1 aromatic rings. The van der Waals surface area contributed by atoms with E-state index in [0.29, 0.717) is 5.92 Å². The van der Waals surface area contributed by atoms with Crippen LogP contribution in [0.15, 0.2) is 6.20 Å². The lowest BCUT2D eigenvalue weighted by atomic mass is 10.1. The van der Waals surface area contributed by atoms with Crippen molar-refractivity contribution in [1.29, 1.82) is 0 Å². The Hall–Kier alpha value is -1.32. The lowest BCUT2D eigenvalue weighted by Crippen LogP contribution is -2.10. The fraction of sp³-hybridized carbons (Fsp3) is 0.636. The van der Waals surface area contributed by atoms with Crippen molar-refractivity contribution in [3.8, 4) is 0 Å². The smallest absolute Gasteiger partial charge is 0.323 e. The second kappa shape index (κ2) is 4.96. The highest BCUT2D eigenvalue weighted by atomic mass is 16.4. The van der Waals surface area contributed by atoms with Crippen LogP contribution in [0.1, 0.15) is 32.3 Å². The van der Waals surface area contributed by atoms with Gasteiger partial charge in [-0.1, -0.05) is 20.8 Å². The molecule has 4 nitrogen and oxygen atoms in total. The summed E-state index contributed by atoms with van der Waals surface area (Å²) in [6, 6.07) is 0. The van der Waals surface area contributed by atoms with Crippen molar-refractivity contribution in [2.24, 2.45) is 5.92 Å². The second-order valence-corrected chi connectivity index (χ2v) is 4.12. The molecule has 0 aliphatic rings. The van der Waals surface area contributed by atoms with E-state index in [0.717, 1.165) is 24.4 Å². The normalized spacial score (nSPS) is 10.9. The Morgan fingerprint density at radius 2 is 2.27 bits per heavy atom. The quantitative estimate of drug-likeness (QED) is 0.805. The molecular formula is C11H18N2O2. The van der Waals surface area contributed by atoms with Crippen molar-refractivity contribution in [3.63, 3.8) is 0 Å². The minimum absolute atomic E-state index is 0.00820. The average Bonchev–Trinajstić information content (AvgIpc) is 2.45. The Bertz CT molecular complexity index is 342. The van der Waals surface area contributed by atoms with Crippen molar-refractivity contribution in [3.05, 3.63) is 17.7 Å². The predicted octanol–water partition coefficient (Wildman–Crippen LogP) is 1.73. The van der Waals surface area contributed by atoms with Gasteiger partial charge >= 0.3 is 5.97 Å². The third kappa shape index (κ3) is 3.38. The highest BCUT2D eigenvalue weighted by Crippen LogP contribution is 2.09. The number of hydrogen-bond acceptors (Lipinski definition) is 2. The van der Waals surface area contributed by atoms with Gasteiger partial charge in [0.2, 0.25) is 0 Å². The number of aliphatic carboxylic acids is 1. The molecule has 1 aromatic heterocycles. The summed E-state index contributed by atoms with van der Waals surface area (Å²) in [7, 11) is 0. The molecule has 0 amide bonds. The van der Waals surface area contributed by atoms with E-state index in [1.54, 1.807) is 4.57 Å². The van der Waals surface area contributed by atoms with Crippen molar-refractivity contribution in [1.82, 2.24) is 9.55 Å². The van der Waals surface area contributed by atoms with E-state index in [4.69, 9.17) is 5.11 Å². The first-order chi connectivity index (χ1) is 7.02. The minimum atomic E-state index is -0.821. The molecule has 0 unspecified atom stereocenters. The molecule has 0 fully saturated rings. The molecule has 1 heterocycles. The van der Waals surface area contributed by atoms with Gasteiger partial charge in [0.25, 0.3) is 0 Å². The van der Waals surface area contributed by atoms with Gasteiger partial charge < -0.3 is 9.67 Å². The van der Waals surface area contributed by atoms with Gasteiger partial charge in [0.1, 0.15) is 12.4 Å². The number of carbonyl (C=O) groups is 1. The SMILES string of the molecule is CCc1nc(CC(C)C)cn1CC(=O)O. The van der Waals surface area contributed by atoms with E-state index in [-0.39, 0.29) is 6.54 Å². The van der Waals surface area contributed by atoms with E-state index in [2.05, 4.69) is 18.8 Å². The van der Waals surface area contributed by atoms with Gasteiger partial charge in [-0.2, -0.15) is 0 Å². The van der Waals surface area contributed by atoms with Crippen LogP contribution in [0, 0.1) is 5.92 Å². The Labute approximate surface area is 89.9 Å². The van der Waals surface area contributed by atoms with Gasteiger partial charge in [0, 0.05) is 12.6 Å². The van der Waals surface area contributed by atoms with Gasteiger partial charge in [0.15, 0.2) is 0 Å². The maximum Gasteiger partial charge on any atom is 0.323 e. The average molecular weight is 210 g/mol. The minimum Gasteiger partial charge on any atom is -0.480 e. The summed E-state index contributed by atoms with van der Waals surface area (Å²) in [6.07, 6.45) is 3.53. The van der Waals surface area contributed by atoms with E-state index < -0.39 is 5.97 Å². The van der Waals surface area contributed by atoms with Crippen molar-refractivity contribution >= 4 is 5.97 Å². The molecule has 0 aromatic carbocycles. The summed E-state index contributed by atoms with van der Waals surface area (Å²) >= 11 is 0. The van der Waals surface area contributed by atoms with Gasteiger partial charge in [-0.3, -0.25) is 4.79 Å². The van der Waals surface area contributed by atoms with Crippen LogP contribution in [0.2, 0.25) is 0 Å². The highest BCUT2D eigenvalue weighted by molar-refractivity contribution is 5.66. The molecule has 0 bridgehead atoms. The molecule has 15 heavy (non-hydrogen) atoms. The molecule has 0 aliphatic heterocycles. The first kappa shape index (κ1) is 11.8. The molecule has 0 atom stereocenters. The van der Waals surface area contributed by atoms with Crippen LogP contribution in [-0.4, -0.2) is 20.6 Å². The molecule has 84 valence electrons. The Morgan fingerprint density at radius 1 is 1.60 bits per heavy atom. The lowest BCUT2D eigenvalue weighted by Gasteiger charge is -2.00. The molecule has 1 N–H and O–H groups in total. The van der Waals surface area contributed by atoms with Gasteiger partial charge in [-0.25, -0.2) is 4.98 Å². The first-order valence-electron chi connectivity index (χ1n) is 5.29. The Kier molecular flexibility index (Phi) is 3.88. The summed E-state index contributed by atoms with van der Waals surface area (Å²) in [5.41, 5.74) is 0.989. The molecule has 0 aliphatic carbocycles. The molecule has 0 radical (unpaired) electrons. The molecule has 0 spiro atoms. The number of carboxylic acids is 1. The molecule has 0 saturated carbocycles. The second-order valence-electron chi connectivity index (χ2n) is 4.12. The number of carboxylic acid groups (broad SMARTS) is 1. The number of rotatable bonds is 5. The fourth-order valence-corrected chi connectivity index (χ4v) is 1.59. The van der Waals surface area contributed by atoms with E-state index in [1.807, 2.05) is 13.1 Å². The zero-order valence-corrected chi connectivity index (χ0v) is 9.53. The van der Waals surface area contributed by atoms with Gasteiger partial charge in [-0.15, -0.1) is 0 Å².